The number of carbonyl (C=O) groups is 2. The van der Waals surface area contributed by atoms with Crippen LogP contribution in [0.25, 0.3) is 0 Å². The molecule has 27 heavy (non-hydrogen) atoms. The van der Waals surface area contributed by atoms with Gasteiger partial charge in [-0.3, -0.25) is 9.59 Å². The average Bonchev–Trinajstić information content (AvgIpc) is 2.84. The summed E-state index contributed by atoms with van der Waals surface area (Å²) in [6.45, 7) is 2.30. The number of amides is 2. The van der Waals surface area contributed by atoms with Gasteiger partial charge in [-0.2, -0.15) is 5.10 Å². The van der Waals surface area contributed by atoms with Crippen LogP contribution in [0.5, 0.6) is 0 Å². The maximum Gasteiger partial charge on any atom is 0.259 e. The SMILES string of the molecule is C/C(=N/NC(=O)CN1CCCCCC1=O)c1ccc(S(=O)(=O)N(C)C)cc1. The van der Waals surface area contributed by atoms with E-state index in [0.29, 0.717) is 24.2 Å². The van der Waals surface area contributed by atoms with Crippen molar-refractivity contribution in [2.45, 2.75) is 37.5 Å². The predicted octanol–water partition coefficient (Wildman–Crippen LogP) is 1.18. The van der Waals surface area contributed by atoms with E-state index in [-0.39, 0.29) is 23.3 Å². The second-order valence-corrected chi connectivity index (χ2v) is 8.82. The van der Waals surface area contributed by atoms with Gasteiger partial charge in [0.05, 0.1) is 10.6 Å². The smallest absolute Gasteiger partial charge is 0.259 e. The molecular formula is C18H26N4O4S. The van der Waals surface area contributed by atoms with Gasteiger partial charge in [0.15, 0.2) is 0 Å². The van der Waals surface area contributed by atoms with Crippen LogP contribution in [0.15, 0.2) is 34.3 Å². The van der Waals surface area contributed by atoms with Crippen molar-refractivity contribution in [3.63, 3.8) is 0 Å². The number of likely N-dealkylation sites (tertiary alicyclic amines) is 1. The molecule has 0 aliphatic carbocycles. The van der Waals surface area contributed by atoms with Crippen LogP contribution in [0.3, 0.4) is 0 Å². The lowest BCUT2D eigenvalue weighted by Gasteiger charge is -2.19. The van der Waals surface area contributed by atoms with Crippen LogP contribution in [-0.4, -0.2) is 62.3 Å². The molecule has 1 aliphatic rings. The number of rotatable bonds is 6. The number of nitrogens with one attached hydrogen (secondary N) is 1. The summed E-state index contributed by atoms with van der Waals surface area (Å²) >= 11 is 0. The Morgan fingerprint density at radius 2 is 1.85 bits per heavy atom. The summed E-state index contributed by atoms with van der Waals surface area (Å²) < 4.78 is 25.3. The van der Waals surface area contributed by atoms with E-state index in [2.05, 4.69) is 10.5 Å². The summed E-state index contributed by atoms with van der Waals surface area (Å²) in [5, 5.41) is 4.05. The molecule has 1 aromatic carbocycles. The quantitative estimate of drug-likeness (QED) is 0.578. The minimum absolute atomic E-state index is 0.000965. The van der Waals surface area contributed by atoms with Crippen molar-refractivity contribution in [1.82, 2.24) is 14.6 Å². The maximum atomic E-state index is 12.1. The van der Waals surface area contributed by atoms with Crippen molar-refractivity contribution >= 4 is 27.5 Å². The van der Waals surface area contributed by atoms with Gasteiger partial charge in [0.25, 0.3) is 5.91 Å². The molecule has 1 heterocycles. The second-order valence-electron chi connectivity index (χ2n) is 6.67. The third-order valence-electron chi connectivity index (χ3n) is 4.40. The van der Waals surface area contributed by atoms with Crippen LogP contribution in [0.1, 0.15) is 38.2 Å². The third kappa shape index (κ3) is 5.61. The summed E-state index contributed by atoms with van der Waals surface area (Å²) in [5.74, 6) is -0.350. The van der Waals surface area contributed by atoms with Gasteiger partial charge >= 0.3 is 0 Å². The molecule has 1 aliphatic heterocycles. The number of hydrazone groups is 1. The molecule has 1 fully saturated rings. The first-order valence-electron chi connectivity index (χ1n) is 8.85. The highest BCUT2D eigenvalue weighted by atomic mass is 32.2. The fraction of sp³-hybridized carbons (Fsp3) is 0.500. The Bertz CT molecular complexity index is 816. The lowest BCUT2D eigenvalue weighted by atomic mass is 10.1. The van der Waals surface area contributed by atoms with Gasteiger partial charge in [-0.15, -0.1) is 0 Å². The molecule has 0 atom stereocenters. The fourth-order valence-corrected chi connectivity index (χ4v) is 3.61. The van der Waals surface area contributed by atoms with Crippen LogP contribution in [-0.2, 0) is 19.6 Å². The van der Waals surface area contributed by atoms with Gasteiger partial charge in [-0.05, 0) is 37.5 Å². The molecule has 1 N–H and O–H groups in total. The largest absolute Gasteiger partial charge is 0.333 e. The lowest BCUT2D eigenvalue weighted by Crippen LogP contribution is -2.39. The van der Waals surface area contributed by atoms with Gasteiger partial charge in [-0.1, -0.05) is 18.6 Å². The van der Waals surface area contributed by atoms with E-state index < -0.39 is 10.0 Å². The van der Waals surface area contributed by atoms with E-state index >= 15 is 0 Å². The number of benzene rings is 1. The molecule has 1 aromatic rings. The summed E-state index contributed by atoms with van der Waals surface area (Å²) in [7, 11) is -0.538. The van der Waals surface area contributed by atoms with Gasteiger partial charge in [0, 0.05) is 27.1 Å². The molecule has 1 saturated heterocycles. The predicted molar refractivity (Wildman–Crippen MR) is 103 cm³/mol. The fourth-order valence-electron chi connectivity index (χ4n) is 2.70. The standard InChI is InChI=1S/C18H26N4O4S/c1-14(15-8-10-16(11-9-15)27(25,26)21(2)3)19-20-17(23)13-22-12-6-4-5-7-18(22)24/h8-11H,4-7,12-13H2,1-3H3,(H,20,23)/b19-14-. The molecule has 8 nitrogen and oxygen atoms in total. The molecule has 0 unspecified atom stereocenters. The molecule has 0 spiro atoms. The third-order valence-corrected chi connectivity index (χ3v) is 6.23. The monoisotopic (exact) mass is 394 g/mol. The van der Waals surface area contributed by atoms with Crippen molar-refractivity contribution < 1.29 is 18.0 Å². The van der Waals surface area contributed by atoms with E-state index in [1.165, 1.54) is 26.2 Å². The van der Waals surface area contributed by atoms with Gasteiger partial charge in [0.2, 0.25) is 15.9 Å². The lowest BCUT2D eigenvalue weighted by molar-refractivity contribution is -0.135. The minimum Gasteiger partial charge on any atom is -0.333 e. The van der Waals surface area contributed by atoms with Crippen molar-refractivity contribution in [1.29, 1.82) is 0 Å². The summed E-state index contributed by atoms with van der Waals surface area (Å²) in [6.07, 6.45) is 3.26. The summed E-state index contributed by atoms with van der Waals surface area (Å²) in [6, 6.07) is 6.28. The van der Waals surface area contributed by atoms with E-state index in [9.17, 15) is 18.0 Å². The van der Waals surface area contributed by atoms with Crippen molar-refractivity contribution in [2.75, 3.05) is 27.2 Å². The van der Waals surface area contributed by atoms with Gasteiger partial charge in [-0.25, -0.2) is 18.1 Å². The zero-order valence-corrected chi connectivity index (χ0v) is 16.8. The first kappa shape index (κ1) is 21.0. The number of hydrogen-bond donors (Lipinski definition) is 1. The first-order chi connectivity index (χ1) is 12.7. The number of hydrogen-bond acceptors (Lipinski definition) is 5. The Hall–Kier alpha value is -2.26. The van der Waals surface area contributed by atoms with Crippen LogP contribution in [0.4, 0.5) is 0 Å². The van der Waals surface area contributed by atoms with Crippen LogP contribution in [0, 0.1) is 0 Å². The molecule has 0 radical (unpaired) electrons. The molecule has 148 valence electrons. The van der Waals surface area contributed by atoms with Gasteiger partial charge < -0.3 is 4.90 Å². The molecule has 0 bridgehead atoms. The molecule has 2 rings (SSSR count). The highest BCUT2D eigenvalue weighted by Gasteiger charge is 2.19. The number of sulfonamides is 1. The van der Waals surface area contributed by atoms with E-state index in [0.717, 1.165) is 23.6 Å². The van der Waals surface area contributed by atoms with Gasteiger partial charge in [0.1, 0.15) is 6.54 Å². The van der Waals surface area contributed by atoms with Crippen LogP contribution in [0.2, 0.25) is 0 Å². The number of nitrogens with zero attached hydrogens (tertiary/aromatic N) is 3. The molecule has 2 amide bonds. The second kappa shape index (κ2) is 9.09. The normalized spacial score (nSPS) is 16.4. The maximum absolute atomic E-state index is 12.1. The molecule has 0 aromatic heterocycles. The van der Waals surface area contributed by atoms with E-state index in [1.807, 2.05) is 0 Å². The first-order valence-corrected chi connectivity index (χ1v) is 10.3. The minimum atomic E-state index is -3.48. The zero-order valence-electron chi connectivity index (χ0n) is 15.9. The molecule has 9 heteroatoms. The van der Waals surface area contributed by atoms with E-state index in [1.54, 1.807) is 24.0 Å². The van der Waals surface area contributed by atoms with Crippen molar-refractivity contribution in [3.8, 4) is 0 Å². The van der Waals surface area contributed by atoms with Crippen molar-refractivity contribution in [2.24, 2.45) is 5.10 Å². The Morgan fingerprint density at radius 3 is 2.48 bits per heavy atom. The highest BCUT2D eigenvalue weighted by Crippen LogP contribution is 2.14. The average molecular weight is 394 g/mol. The van der Waals surface area contributed by atoms with Crippen LogP contribution < -0.4 is 5.43 Å². The summed E-state index contributed by atoms with van der Waals surface area (Å²) in [5.41, 5.74) is 3.70. The van der Waals surface area contributed by atoms with Crippen molar-refractivity contribution in [3.05, 3.63) is 29.8 Å². The number of carbonyl (C=O) groups excluding carboxylic acids is 2. The summed E-state index contributed by atoms with van der Waals surface area (Å²) in [4.78, 5) is 25.7. The Kier molecular flexibility index (Phi) is 7.09. The zero-order chi connectivity index (χ0) is 20.0. The highest BCUT2D eigenvalue weighted by molar-refractivity contribution is 7.89. The Balaban J connectivity index is 1.98. The molecule has 0 saturated carbocycles. The molecular weight excluding hydrogens is 368 g/mol. The topological polar surface area (TPSA) is 99.1 Å². The van der Waals surface area contributed by atoms with Crippen LogP contribution >= 0.6 is 0 Å². The van der Waals surface area contributed by atoms with E-state index in [4.69, 9.17) is 0 Å². The Labute approximate surface area is 160 Å². The Morgan fingerprint density at radius 1 is 1.19 bits per heavy atom.